The number of rotatable bonds is 7. The van der Waals surface area contributed by atoms with E-state index < -0.39 is 10.8 Å². The first-order chi connectivity index (χ1) is 9.24. The van der Waals surface area contributed by atoms with Gasteiger partial charge >= 0.3 is 0 Å². The van der Waals surface area contributed by atoms with E-state index in [0.29, 0.717) is 5.75 Å². The average Bonchev–Trinajstić information content (AvgIpc) is 2.89. The Kier molecular flexibility index (Phi) is 5.22. The maximum Gasteiger partial charge on any atom is 0.231 e. The molecule has 0 saturated heterocycles. The van der Waals surface area contributed by atoms with Crippen LogP contribution in [0.2, 0.25) is 0 Å². The Hall–Kier alpha value is -1.07. The van der Waals surface area contributed by atoms with Crippen LogP contribution in [0, 0.1) is 0 Å². The molecule has 0 amide bonds. The van der Waals surface area contributed by atoms with Crippen LogP contribution >= 0.6 is 0 Å². The largest absolute Gasteiger partial charge is 0.454 e. The van der Waals surface area contributed by atoms with Gasteiger partial charge in [0.1, 0.15) is 0 Å². The summed E-state index contributed by atoms with van der Waals surface area (Å²) in [6.45, 7) is 2.40. The lowest BCUT2D eigenvalue weighted by molar-refractivity contribution is 0.174. The van der Waals surface area contributed by atoms with Gasteiger partial charge in [-0.05, 0) is 31.2 Å². The second kappa shape index (κ2) is 6.91. The third-order valence-electron chi connectivity index (χ3n) is 3.23. The SMILES string of the molecule is CCCCS(=O)CC(NC)c1ccc2c(c1)OCO2. The Morgan fingerprint density at radius 2 is 2.16 bits per heavy atom. The lowest BCUT2D eigenvalue weighted by atomic mass is 10.1. The van der Waals surface area contributed by atoms with Crippen molar-refractivity contribution in [2.24, 2.45) is 0 Å². The van der Waals surface area contributed by atoms with Gasteiger partial charge in [0.15, 0.2) is 11.5 Å². The molecule has 2 atom stereocenters. The maximum atomic E-state index is 12.0. The summed E-state index contributed by atoms with van der Waals surface area (Å²) in [4.78, 5) is 0. The molecule has 1 N–H and O–H groups in total. The molecule has 1 heterocycles. The van der Waals surface area contributed by atoms with Gasteiger partial charge in [-0.1, -0.05) is 19.4 Å². The fourth-order valence-corrected chi connectivity index (χ4v) is 3.56. The Bertz CT molecular complexity index is 450. The molecule has 0 radical (unpaired) electrons. The van der Waals surface area contributed by atoms with Crippen molar-refractivity contribution in [3.05, 3.63) is 23.8 Å². The van der Waals surface area contributed by atoms with Gasteiger partial charge in [0, 0.05) is 28.3 Å². The second-order valence-electron chi connectivity index (χ2n) is 4.62. The fourth-order valence-electron chi connectivity index (χ4n) is 2.05. The maximum absolute atomic E-state index is 12.0. The minimum Gasteiger partial charge on any atom is -0.454 e. The zero-order chi connectivity index (χ0) is 13.7. The third kappa shape index (κ3) is 3.70. The summed E-state index contributed by atoms with van der Waals surface area (Å²) < 4.78 is 22.7. The Labute approximate surface area is 116 Å². The first-order valence-corrected chi connectivity index (χ1v) is 8.15. The molecule has 0 fully saturated rings. The van der Waals surface area contributed by atoms with Gasteiger partial charge in [0.2, 0.25) is 6.79 Å². The van der Waals surface area contributed by atoms with Gasteiger partial charge in [-0.3, -0.25) is 4.21 Å². The third-order valence-corrected chi connectivity index (χ3v) is 4.67. The Morgan fingerprint density at radius 3 is 2.89 bits per heavy atom. The zero-order valence-corrected chi connectivity index (χ0v) is 12.3. The van der Waals surface area contributed by atoms with Gasteiger partial charge in [-0.2, -0.15) is 0 Å². The summed E-state index contributed by atoms with van der Waals surface area (Å²) in [6, 6.07) is 5.98. The van der Waals surface area contributed by atoms with Crippen LogP contribution in [0.25, 0.3) is 0 Å². The molecule has 106 valence electrons. The van der Waals surface area contributed by atoms with Crippen LogP contribution in [0.3, 0.4) is 0 Å². The fraction of sp³-hybridized carbons (Fsp3) is 0.571. The van der Waals surface area contributed by atoms with Gasteiger partial charge in [-0.25, -0.2) is 0 Å². The lowest BCUT2D eigenvalue weighted by Gasteiger charge is -2.16. The number of ether oxygens (including phenoxy) is 2. The topological polar surface area (TPSA) is 47.6 Å². The molecule has 2 rings (SSSR count). The molecule has 0 aliphatic carbocycles. The molecule has 1 aliphatic heterocycles. The number of hydrogen-bond acceptors (Lipinski definition) is 4. The monoisotopic (exact) mass is 283 g/mol. The normalized spacial score (nSPS) is 16.3. The van der Waals surface area contributed by atoms with Crippen LogP contribution in [-0.4, -0.2) is 29.6 Å². The second-order valence-corrected chi connectivity index (χ2v) is 6.24. The molecule has 0 saturated carbocycles. The molecule has 4 nitrogen and oxygen atoms in total. The van der Waals surface area contributed by atoms with Crippen molar-refractivity contribution in [3.8, 4) is 11.5 Å². The van der Waals surface area contributed by atoms with Crippen LogP contribution in [0.1, 0.15) is 31.4 Å². The van der Waals surface area contributed by atoms with Crippen LogP contribution in [-0.2, 0) is 10.8 Å². The van der Waals surface area contributed by atoms with Crippen LogP contribution in [0.5, 0.6) is 11.5 Å². The first-order valence-electron chi connectivity index (χ1n) is 6.66. The summed E-state index contributed by atoms with van der Waals surface area (Å²) in [5, 5.41) is 3.23. The van der Waals surface area contributed by atoms with E-state index in [9.17, 15) is 4.21 Å². The predicted molar refractivity (Wildman–Crippen MR) is 77.2 cm³/mol. The van der Waals surface area contributed by atoms with Crippen molar-refractivity contribution in [2.45, 2.75) is 25.8 Å². The lowest BCUT2D eigenvalue weighted by Crippen LogP contribution is -2.23. The summed E-state index contributed by atoms with van der Waals surface area (Å²) in [5.74, 6) is 2.97. The van der Waals surface area contributed by atoms with E-state index >= 15 is 0 Å². The molecule has 0 aromatic heterocycles. The van der Waals surface area contributed by atoms with Crippen LogP contribution in [0.4, 0.5) is 0 Å². The predicted octanol–water partition coefficient (Wildman–Crippen LogP) is 2.22. The molecule has 5 heteroatoms. The van der Waals surface area contributed by atoms with Crippen LogP contribution in [0.15, 0.2) is 18.2 Å². The highest BCUT2D eigenvalue weighted by molar-refractivity contribution is 7.85. The number of fused-ring (bicyclic) bond motifs is 1. The van der Waals surface area contributed by atoms with E-state index in [1.165, 1.54) is 0 Å². The van der Waals surface area contributed by atoms with Gasteiger partial charge in [-0.15, -0.1) is 0 Å². The molecule has 0 spiro atoms. The number of hydrogen-bond donors (Lipinski definition) is 1. The summed E-state index contributed by atoms with van der Waals surface area (Å²) in [6.07, 6.45) is 2.10. The highest BCUT2D eigenvalue weighted by Crippen LogP contribution is 2.34. The van der Waals surface area contributed by atoms with Crippen molar-refractivity contribution < 1.29 is 13.7 Å². The molecular weight excluding hydrogens is 262 g/mol. The van der Waals surface area contributed by atoms with E-state index in [0.717, 1.165) is 35.7 Å². The summed E-state index contributed by atoms with van der Waals surface area (Å²) in [7, 11) is 1.11. The highest BCUT2D eigenvalue weighted by Gasteiger charge is 2.18. The van der Waals surface area contributed by atoms with E-state index in [2.05, 4.69) is 12.2 Å². The Balaban J connectivity index is 2.03. The average molecular weight is 283 g/mol. The van der Waals surface area contributed by atoms with Crippen molar-refractivity contribution >= 4 is 10.8 Å². The quantitative estimate of drug-likeness (QED) is 0.833. The van der Waals surface area contributed by atoms with Crippen LogP contribution < -0.4 is 14.8 Å². The molecule has 2 unspecified atom stereocenters. The number of unbranched alkanes of at least 4 members (excludes halogenated alkanes) is 1. The Morgan fingerprint density at radius 1 is 1.37 bits per heavy atom. The van der Waals surface area contributed by atoms with Gasteiger partial charge < -0.3 is 14.8 Å². The first kappa shape index (κ1) is 14.3. The van der Waals surface area contributed by atoms with E-state index in [-0.39, 0.29) is 12.8 Å². The summed E-state index contributed by atoms with van der Waals surface area (Å²) >= 11 is 0. The number of nitrogens with one attached hydrogen (secondary N) is 1. The van der Waals surface area contributed by atoms with E-state index in [1.54, 1.807) is 0 Å². The van der Waals surface area contributed by atoms with Crippen molar-refractivity contribution in [2.75, 3.05) is 25.3 Å². The highest BCUT2D eigenvalue weighted by atomic mass is 32.2. The van der Waals surface area contributed by atoms with Crippen molar-refractivity contribution in [1.29, 1.82) is 0 Å². The van der Waals surface area contributed by atoms with Gasteiger partial charge in [0.05, 0.1) is 0 Å². The van der Waals surface area contributed by atoms with E-state index in [1.807, 2.05) is 25.2 Å². The molecule has 1 aromatic rings. The molecule has 0 bridgehead atoms. The van der Waals surface area contributed by atoms with Crippen molar-refractivity contribution in [3.63, 3.8) is 0 Å². The molecule has 19 heavy (non-hydrogen) atoms. The summed E-state index contributed by atoms with van der Waals surface area (Å²) in [5.41, 5.74) is 1.09. The van der Waals surface area contributed by atoms with Crippen molar-refractivity contribution in [1.82, 2.24) is 5.32 Å². The smallest absolute Gasteiger partial charge is 0.231 e. The molecule has 1 aliphatic rings. The minimum atomic E-state index is -0.783. The molecule has 1 aromatic carbocycles. The van der Waals surface area contributed by atoms with Gasteiger partial charge in [0.25, 0.3) is 0 Å². The minimum absolute atomic E-state index is 0.0900. The number of benzene rings is 1. The van der Waals surface area contributed by atoms with E-state index in [4.69, 9.17) is 9.47 Å². The standard InChI is InChI=1S/C14H21NO3S/c1-3-4-7-19(16)9-12(15-2)11-5-6-13-14(8-11)18-10-17-13/h5-6,8,12,15H,3-4,7,9-10H2,1-2H3. The zero-order valence-electron chi connectivity index (χ0n) is 11.5. The molecular formula is C14H21NO3S.